The van der Waals surface area contributed by atoms with Crippen molar-refractivity contribution in [1.82, 2.24) is 20.0 Å². The van der Waals surface area contributed by atoms with Gasteiger partial charge in [0.2, 0.25) is 0 Å². The van der Waals surface area contributed by atoms with Crippen LogP contribution in [0.2, 0.25) is 5.15 Å². The van der Waals surface area contributed by atoms with Crippen molar-refractivity contribution in [2.24, 2.45) is 5.73 Å². The summed E-state index contributed by atoms with van der Waals surface area (Å²) in [5.74, 6) is 6.21. The molecule has 0 aromatic carbocycles. The molecule has 6 heteroatoms. The first-order valence-corrected chi connectivity index (χ1v) is 4.90. The standard InChI is InChI=1S/C10H8ClN5/c11-9-3-4-10(15-14-9)16-7-8(6-13-16)2-1-5-12/h3-4,6-7H,5,12H2. The van der Waals surface area contributed by atoms with E-state index >= 15 is 0 Å². The minimum absolute atomic E-state index is 0.325. The second-order valence-electron chi connectivity index (χ2n) is 2.89. The fourth-order valence-corrected chi connectivity index (χ4v) is 1.20. The van der Waals surface area contributed by atoms with Gasteiger partial charge in [0.1, 0.15) is 0 Å². The van der Waals surface area contributed by atoms with Gasteiger partial charge >= 0.3 is 0 Å². The van der Waals surface area contributed by atoms with Crippen LogP contribution in [0.1, 0.15) is 5.56 Å². The molecule has 0 aliphatic rings. The van der Waals surface area contributed by atoms with Crippen molar-refractivity contribution in [2.45, 2.75) is 0 Å². The van der Waals surface area contributed by atoms with Gasteiger partial charge in [-0.3, -0.25) is 0 Å². The van der Waals surface area contributed by atoms with E-state index in [1.165, 1.54) is 0 Å². The predicted molar refractivity (Wildman–Crippen MR) is 60.1 cm³/mol. The molecule has 0 unspecified atom stereocenters. The van der Waals surface area contributed by atoms with Gasteiger partial charge in [0, 0.05) is 6.20 Å². The average Bonchev–Trinajstić information content (AvgIpc) is 2.76. The smallest absolute Gasteiger partial charge is 0.175 e. The lowest BCUT2D eigenvalue weighted by molar-refractivity contribution is 0.814. The summed E-state index contributed by atoms with van der Waals surface area (Å²) in [5, 5.41) is 12.1. The van der Waals surface area contributed by atoms with Crippen LogP contribution in [0.15, 0.2) is 24.5 Å². The maximum atomic E-state index is 5.63. The number of aromatic nitrogens is 4. The lowest BCUT2D eigenvalue weighted by Gasteiger charge is -1.96. The normalized spacial score (nSPS) is 9.62. The molecule has 0 aliphatic carbocycles. The van der Waals surface area contributed by atoms with E-state index < -0.39 is 0 Å². The number of halogens is 1. The van der Waals surface area contributed by atoms with Crippen LogP contribution in [0.25, 0.3) is 5.82 Å². The van der Waals surface area contributed by atoms with E-state index in [9.17, 15) is 0 Å². The van der Waals surface area contributed by atoms with Crippen molar-refractivity contribution in [3.63, 3.8) is 0 Å². The Morgan fingerprint density at radius 3 is 2.94 bits per heavy atom. The average molecular weight is 234 g/mol. The Hall–Kier alpha value is -1.90. The molecule has 0 spiro atoms. The molecule has 0 amide bonds. The fraction of sp³-hybridized carbons (Fsp3) is 0.100. The molecular weight excluding hydrogens is 226 g/mol. The van der Waals surface area contributed by atoms with Gasteiger partial charge in [-0.25, -0.2) is 4.68 Å². The quantitative estimate of drug-likeness (QED) is 0.734. The zero-order valence-electron chi connectivity index (χ0n) is 8.26. The van der Waals surface area contributed by atoms with Crippen molar-refractivity contribution in [2.75, 3.05) is 6.54 Å². The van der Waals surface area contributed by atoms with Crippen LogP contribution >= 0.6 is 11.6 Å². The van der Waals surface area contributed by atoms with E-state index in [2.05, 4.69) is 27.1 Å². The van der Waals surface area contributed by atoms with Crippen LogP contribution in [0, 0.1) is 11.8 Å². The number of nitrogens with zero attached hydrogens (tertiary/aromatic N) is 4. The summed E-state index contributed by atoms with van der Waals surface area (Å²) < 4.78 is 1.57. The van der Waals surface area contributed by atoms with Crippen LogP contribution in [0.4, 0.5) is 0 Å². The minimum Gasteiger partial charge on any atom is -0.320 e. The Bertz CT molecular complexity index is 534. The number of hydrogen-bond acceptors (Lipinski definition) is 4. The number of rotatable bonds is 1. The maximum Gasteiger partial charge on any atom is 0.175 e. The highest BCUT2D eigenvalue weighted by atomic mass is 35.5. The van der Waals surface area contributed by atoms with Crippen LogP contribution in [0.3, 0.4) is 0 Å². The first-order valence-electron chi connectivity index (χ1n) is 4.53. The molecule has 0 bridgehead atoms. The van der Waals surface area contributed by atoms with E-state index in [4.69, 9.17) is 17.3 Å². The second-order valence-corrected chi connectivity index (χ2v) is 3.28. The predicted octanol–water partition coefficient (Wildman–Crippen LogP) is 0.626. The Kier molecular flexibility index (Phi) is 3.15. The molecule has 2 rings (SSSR count). The first kappa shape index (κ1) is 10.6. The Morgan fingerprint density at radius 2 is 2.25 bits per heavy atom. The summed E-state index contributed by atoms with van der Waals surface area (Å²) in [6.45, 7) is 0.325. The molecule has 2 heterocycles. The van der Waals surface area contributed by atoms with Crippen molar-refractivity contribution < 1.29 is 0 Å². The Balaban J connectivity index is 2.28. The van der Waals surface area contributed by atoms with Crippen LogP contribution in [-0.4, -0.2) is 26.5 Å². The SMILES string of the molecule is NCC#Cc1cnn(-c2ccc(Cl)nn2)c1. The molecule has 16 heavy (non-hydrogen) atoms. The van der Waals surface area contributed by atoms with Crippen LogP contribution in [-0.2, 0) is 0 Å². The molecule has 0 radical (unpaired) electrons. The zero-order valence-corrected chi connectivity index (χ0v) is 9.02. The maximum absolute atomic E-state index is 5.63. The topological polar surface area (TPSA) is 69.6 Å². The van der Waals surface area contributed by atoms with Gasteiger partial charge in [0.05, 0.1) is 18.3 Å². The fourth-order valence-electron chi connectivity index (χ4n) is 1.10. The zero-order chi connectivity index (χ0) is 11.4. The van der Waals surface area contributed by atoms with E-state index in [1.807, 2.05) is 0 Å². The highest BCUT2D eigenvalue weighted by Gasteiger charge is 2.00. The summed E-state index contributed by atoms with van der Waals surface area (Å²) >= 11 is 5.63. The number of hydrogen-bond donors (Lipinski definition) is 1. The monoisotopic (exact) mass is 233 g/mol. The van der Waals surface area contributed by atoms with Gasteiger partial charge in [-0.15, -0.1) is 10.2 Å². The van der Waals surface area contributed by atoms with E-state index in [1.54, 1.807) is 29.2 Å². The highest BCUT2D eigenvalue weighted by Crippen LogP contribution is 2.06. The van der Waals surface area contributed by atoms with Crippen molar-refractivity contribution >= 4 is 11.6 Å². The van der Waals surface area contributed by atoms with Gasteiger partial charge < -0.3 is 5.73 Å². The van der Waals surface area contributed by atoms with Gasteiger partial charge in [-0.1, -0.05) is 23.4 Å². The molecule has 0 fully saturated rings. The van der Waals surface area contributed by atoms with E-state index in [-0.39, 0.29) is 0 Å². The molecular formula is C10H8ClN5. The molecule has 0 saturated heterocycles. The van der Waals surface area contributed by atoms with Gasteiger partial charge in [-0.05, 0) is 12.1 Å². The summed E-state index contributed by atoms with van der Waals surface area (Å²) in [5.41, 5.74) is 6.05. The van der Waals surface area contributed by atoms with Crippen molar-refractivity contribution in [3.05, 3.63) is 35.2 Å². The minimum atomic E-state index is 0.325. The van der Waals surface area contributed by atoms with Crippen LogP contribution < -0.4 is 5.73 Å². The molecule has 2 aromatic heterocycles. The Morgan fingerprint density at radius 1 is 1.38 bits per heavy atom. The molecule has 2 N–H and O–H groups in total. The molecule has 2 aromatic rings. The van der Waals surface area contributed by atoms with Crippen LogP contribution in [0.5, 0.6) is 0 Å². The van der Waals surface area contributed by atoms with E-state index in [0.29, 0.717) is 17.5 Å². The van der Waals surface area contributed by atoms with Gasteiger partial charge in [0.15, 0.2) is 11.0 Å². The third-order valence-corrected chi connectivity index (χ3v) is 1.97. The molecule has 0 aliphatic heterocycles. The van der Waals surface area contributed by atoms with Gasteiger partial charge in [0.25, 0.3) is 0 Å². The molecule has 0 atom stereocenters. The second kappa shape index (κ2) is 4.75. The molecule has 5 nitrogen and oxygen atoms in total. The lowest BCUT2D eigenvalue weighted by atomic mass is 10.3. The summed E-state index contributed by atoms with van der Waals surface area (Å²) in [6, 6.07) is 3.37. The third-order valence-electron chi connectivity index (χ3n) is 1.77. The van der Waals surface area contributed by atoms with E-state index in [0.717, 1.165) is 5.56 Å². The summed E-state index contributed by atoms with van der Waals surface area (Å²) in [6.07, 6.45) is 3.39. The van der Waals surface area contributed by atoms with Gasteiger partial charge in [-0.2, -0.15) is 5.10 Å². The largest absolute Gasteiger partial charge is 0.320 e. The van der Waals surface area contributed by atoms with Crippen molar-refractivity contribution in [1.29, 1.82) is 0 Å². The number of nitrogens with two attached hydrogens (primary N) is 1. The highest BCUT2D eigenvalue weighted by molar-refractivity contribution is 6.29. The van der Waals surface area contributed by atoms with Crippen molar-refractivity contribution in [3.8, 4) is 17.7 Å². The summed E-state index contributed by atoms with van der Waals surface area (Å²) in [4.78, 5) is 0. The third kappa shape index (κ3) is 2.37. The molecule has 0 saturated carbocycles. The lowest BCUT2D eigenvalue weighted by Crippen LogP contribution is -1.98. The summed E-state index contributed by atoms with van der Waals surface area (Å²) in [7, 11) is 0. The molecule has 80 valence electrons. The first-order chi connectivity index (χ1) is 7.79. The Labute approximate surface area is 97.2 Å².